The Bertz CT molecular complexity index is 1350. The molecule has 0 amide bonds. The van der Waals surface area contributed by atoms with Gasteiger partial charge in [-0.05, 0) is 51.9 Å². The van der Waals surface area contributed by atoms with Crippen LogP contribution in [-0.4, -0.2) is 9.55 Å². The molecule has 32 heavy (non-hydrogen) atoms. The highest BCUT2D eigenvalue weighted by Crippen LogP contribution is 2.30. The van der Waals surface area contributed by atoms with Gasteiger partial charge in [0.25, 0.3) is 0 Å². The van der Waals surface area contributed by atoms with Crippen LogP contribution >= 0.6 is 0 Å². The predicted molar refractivity (Wildman–Crippen MR) is 135 cm³/mol. The van der Waals surface area contributed by atoms with Gasteiger partial charge >= 0.3 is 0 Å². The van der Waals surface area contributed by atoms with Crippen molar-refractivity contribution < 1.29 is 0 Å². The molecule has 4 aromatic carbocycles. The molecule has 0 radical (unpaired) electrons. The molecule has 2 heteroatoms. The smallest absolute Gasteiger partial charge is 0.117 e. The number of nitrogens with zero attached hydrogens (tertiary/aromatic N) is 2. The fraction of sp³-hybridized carbons (Fsp3) is 0.233. The molecule has 1 heterocycles. The van der Waals surface area contributed by atoms with Gasteiger partial charge in [-0.25, -0.2) is 4.98 Å². The molecule has 5 rings (SSSR count). The second-order valence-corrected chi connectivity index (χ2v) is 9.24. The van der Waals surface area contributed by atoms with E-state index in [4.69, 9.17) is 4.98 Å². The van der Waals surface area contributed by atoms with Gasteiger partial charge in [0.2, 0.25) is 0 Å². The van der Waals surface area contributed by atoms with Crippen LogP contribution in [0.1, 0.15) is 49.2 Å². The number of imidazole rings is 1. The van der Waals surface area contributed by atoms with Crippen molar-refractivity contribution in [3.05, 3.63) is 114 Å². The first-order valence-corrected chi connectivity index (χ1v) is 11.6. The van der Waals surface area contributed by atoms with E-state index in [0.717, 1.165) is 24.3 Å². The van der Waals surface area contributed by atoms with Crippen molar-refractivity contribution in [3.8, 4) is 0 Å². The first-order chi connectivity index (χ1) is 15.6. The molecule has 0 saturated heterocycles. The number of benzene rings is 4. The van der Waals surface area contributed by atoms with E-state index in [1.165, 1.54) is 33.0 Å². The lowest BCUT2D eigenvalue weighted by Crippen LogP contribution is -2.10. The summed E-state index contributed by atoms with van der Waals surface area (Å²) in [4.78, 5) is 5.10. The summed E-state index contributed by atoms with van der Waals surface area (Å²) in [6.07, 6.45) is 1.12. The van der Waals surface area contributed by atoms with Gasteiger partial charge in [0, 0.05) is 12.5 Å². The normalized spacial score (nSPS) is 12.6. The molecule has 0 fully saturated rings. The van der Waals surface area contributed by atoms with Gasteiger partial charge in [-0.1, -0.05) is 99.6 Å². The molecular weight excluding hydrogens is 388 g/mol. The maximum Gasteiger partial charge on any atom is 0.117 e. The molecule has 1 atom stereocenters. The summed E-state index contributed by atoms with van der Waals surface area (Å²) < 4.78 is 2.41. The maximum absolute atomic E-state index is 5.10. The van der Waals surface area contributed by atoms with Crippen molar-refractivity contribution in [1.82, 2.24) is 9.55 Å². The van der Waals surface area contributed by atoms with E-state index in [0.29, 0.717) is 5.92 Å². The molecule has 0 aliphatic rings. The molecular formula is C30H30N2. The van der Waals surface area contributed by atoms with Crippen molar-refractivity contribution >= 4 is 21.8 Å². The second kappa shape index (κ2) is 8.63. The minimum atomic E-state index is 0.213. The Hall–Kier alpha value is -3.39. The van der Waals surface area contributed by atoms with Crippen LogP contribution in [-0.2, 0) is 13.0 Å². The zero-order valence-electron chi connectivity index (χ0n) is 19.1. The van der Waals surface area contributed by atoms with Gasteiger partial charge in [-0.3, -0.25) is 0 Å². The van der Waals surface area contributed by atoms with Crippen LogP contribution in [0.3, 0.4) is 0 Å². The molecule has 160 valence electrons. The summed E-state index contributed by atoms with van der Waals surface area (Å²) in [7, 11) is 0. The zero-order chi connectivity index (χ0) is 22.1. The quantitative estimate of drug-likeness (QED) is 0.278. The lowest BCUT2D eigenvalue weighted by molar-refractivity contribution is 0.646. The summed E-state index contributed by atoms with van der Waals surface area (Å²) in [5.74, 6) is 2.00. The largest absolute Gasteiger partial charge is 0.323 e. The monoisotopic (exact) mass is 418 g/mol. The minimum Gasteiger partial charge on any atom is -0.323 e. The van der Waals surface area contributed by atoms with E-state index in [1.807, 2.05) is 0 Å². The van der Waals surface area contributed by atoms with E-state index < -0.39 is 0 Å². The Balaban J connectivity index is 1.57. The number of aromatic nitrogens is 2. The third-order valence-corrected chi connectivity index (χ3v) is 6.40. The van der Waals surface area contributed by atoms with Crippen molar-refractivity contribution in [2.24, 2.45) is 5.92 Å². The fourth-order valence-electron chi connectivity index (χ4n) is 4.75. The second-order valence-electron chi connectivity index (χ2n) is 9.24. The van der Waals surface area contributed by atoms with Crippen molar-refractivity contribution in [3.63, 3.8) is 0 Å². The van der Waals surface area contributed by atoms with Crippen LogP contribution in [0.25, 0.3) is 21.8 Å². The molecule has 2 nitrogen and oxygen atoms in total. The van der Waals surface area contributed by atoms with E-state index in [1.54, 1.807) is 0 Å². The van der Waals surface area contributed by atoms with Crippen LogP contribution in [0.15, 0.2) is 91.0 Å². The van der Waals surface area contributed by atoms with E-state index in [9.17, 15) is 0 Å². The third-order valence-electron chi connectivity index (χ3n) is 6.40. The number of hydrogen-bond donors (Lipinski definition) is 0. The SMILES string of the molecule is CC(C)Cc1ccc(C(C)c2nc3ccccc3n2Cc2cccc3ccccc23)cc1. The van der Waals surface area contributed by atoms with E-state index >= 15 is 0 Å². The Morgan fingerprint density at radius 1 is 0.750 bits per heavy atom. The highest BCUT2D eigenvalue weighted by Gasteiger charge is 2.19. The maximum atomic E-state index is 5.10. The summed E-state index contributed by atoms with van der Waals surface area (Å²) >= 11 is 0. The highest BCUT2D eigenvalue weighted by molar-refractivity contribution is 5.86. The number of hydrogen-bond acceptors (Lipinski definition) is 1. The van der Waals surface area contributed by atoms with Gasteiger partial charge in [-0.15, -0.1) is 0 Å². The average Bonchev–Trinajstić information content (AvgIpc) is 3.17. The Morgan fingerprint density at radius 3 is 2.28 bits per heavy atom. The number of fused-ring (bicyclic) bond motifs is 2. The lowest BCUT2D eigenvalue weighted by atomic mass is 9.96. The van der Waals surface area contributed by atoms with Crippen molar-refractivity contribution in [2.45, 2.75) is 39.7 Å². The zero-order valence-corrected chi connectivity index (χ0v) is 19.1. The molecule has 0 aliphatic carbocycles. The number of para-hydroxylation sites is 2. The van der Waals surface area contributed by atoms with Crippen molar-refractivity contribution in [2.75, 3.05) is 0 Å². The van der Waals surface area contributed by atoms with Crippen LogP contribution in [0.2, 0.25) is 0 Å². The summed E-state index contributed by atoms with van der Waals surface area (Å²) in [5.41, 5.74) is 6.30. The molecule has 1 unspecified atom stereocenters. The molecule has 5 aromatic rings. The van der Waals surface area contributed by atoms with Crippen molar-refractivity contribution in [1.29, 1.82) is 0 Å². The predicted octanol–water partition coefficient (Wildman–Crippen LogP) is 7.59. The first kappa shape index (κ1) is 20.5. The van der Waals surface area contributed by atoms with Crippen LogP contribution in [0, 0.1) is 5.92 Å². The molecule has 0 aliphatic heterocycles. The van der Waals surface area contributed by atoms with Gasteiger partial charge in [0.15, 0.2) is 0 Å². The van der Waals surface area contributed by atoms with E-state index in [-0.39, 0.29) is 5.92 Å². The third kappa shape index (κ3) is 3.93. The summed E-state index contributed by atoms with van der Waals surface area (Å²) in [6, 6.07) is 32.9. The lowest BCUT2D eigenvalue weighted by Gasteiger charge is -2.17. The minimum absolute atomic E-state index is 0.213. The fourth-order valence-corrected chi connectivity index (χ4v) is 4.75. The molecule has 1 aromatic heterocycles. The van der Waals surface area contributed by atoms with Gasteiger partial charge < -0.3 is 4.57 Å². The van der Waals surface area contributed by atoms with Crippen LogP contribution in [0.5, 0.6) is 0 Å². The molecule has 0 N–H and O–H groups in total. The topological polar surface area (TPSA) is 17.8 Å². The van der Waals surface area contributed by atoms with Crippen LogP contribution < -0.4 is 0 Å². The molecule has 0 saturated carbocycles. The Morgan fingerprint density at radius 2 is 1.47 bits per heavy atom. The van der Waals surface area contributed by atoms with Crippen LogP contribution in [0.4, 0.5) is 0 Å². The highest BCUT2D eigenvalue weighted by atomic mass is 15.1. The Kier molecular flexibility index (Phi) is 5.53. The Labute approximate surface area is 190 Å². The summed E-state index contributed by atoms with van der Waals surface area (Å²) in [5, 5.41) is 2.59. The molecule has 0 bridgehead atoms. The summed E-state index contributed by atoms with van der Waals surface area (Å²) in [6.45, 7) is 7.63. The van der Waals surface area contributed by atoms with E-state index in [2.05, 4.69) is 116 Å². The van der Waals surface area contributed by atoms with Gasteiger partial charge in [-0.2, -0.15) is 0 Å². The number of rotatable bonds is 6. The average molecular weight is 419 g/mol. The van der Waals surface area contributed by atoms with Gasteiger partial charge in [0.05, 0.1) is 11.0 Å². The standard InChI is InChI=1S/C30H30N2/c1-21(2)19-23-15-17-24(18-16-23)22(3)30-31-28-13-6-7-14-29(28)32(30)20-26-11-8-10-25-9-4-5-12-27(25)26/h4-18,21-22H,19-20H2,1-3H3. The molecule has 0 spiro atoms. The van der Waals surface area contributed by atoms with Gasteiger partial charge in [0.1, 0.15) is 5.82 Å². The first-order valence-electron chi connectivity index (χ1n) is 11.6.